The highest BCUT2D eigenvalue weighted by molar-refractivity contribution is 9.10. The zero-order chi connectivity index (χ0) is 17.1. The molecule has 7 nitrogen and oxygen atoms in total. The standard InChI is InChI=1S/C16H15BrN4O3/c1-24-14-7-13(18-9-19-14)20-16(23)10-5-15(22)21(8-10)12-4-2-3-11(17)6-12/h2-4,6-7,9-10H,5,8H2,1H3,(H,18,19,20,23)/t10-/m1/s1. The monoisotopic (exact) mass is 390 g/mol. The van der Waals surface area contributed by atoms with E-state index >= 15 is 0 Å². The van der Waals surface area contributed by atoms with Crippen LogP contribution in [0, 0.1) is 5.92 Å². The fourth-order valence-corrected chi connectivity index (χ4v) is 2.91. The molecule has 24 heavy (non-hydrogen) atoms. The van der Waals surface area contributed by atoms with Gasteiger partial charge in [0.2, 0.25) is 17.7 Å². The summed E-state index contributed by atoms with van der Waals surface area (Å²) >= 11 is 3.39. The molecule has 2 heterocycles. The number of methoxy groups -OCH3 is 1. The molecule has 0 aliphatic carbocycles. The van der Waals surface area contributed by atoms with Crippen molar-refractivity contribution >= 4 is 39.2 Å². The van der Waals surface area contributed by atoms with E-state index in [1.807, 2.05) is 24.3 Å². The summed E-state index contributed by atoms with van der Waals surface area (Å²) in [6.45, 7) is 0.337. The highest BCUT2D eigenvalue weighted by Crippen LogP contribution is 2.28. The topological polar surface area (TPSA) is 84.4 Å². The average Bonchev–Trinajstić information content (AvgIpc) is 2.97. The van der Waals surface area contributed by atoms with Crippen LogP contribution in [0.25, 0.3) is 0 Å². The van der Waals surface area contributed by atoms with E-state index in [2.05, 4.69) is 31.2 Å². The summed E-state index contributed by atoms with van der Waals surface area (Å²) in [7, 11) is 1.49. The first kappa shape index (κ1) is 16.4. The maximum Gasteiger partial charge on any atom is 0.230 e. The summed E-state index contributed by atoms with van der Waals surface area (Å²) < 4.78 is 5.88. The second kappa shape index (κ2) is 6.96. The summed E-state index contributed by atoms with van der Waals surface area (Å²) in [5.74, 6) is -0.0497. The molecule has 8 heteroatoms. The molecule has 0 saturated carbocycles. The van der Waals surface area contributed by atoms with Gasteiger partial charge < -0.3 is 15.0 Å². The molecule has 0 radical (unpaired) electrons. The number of hydrogen-bond donors (Lipinski definition) is 1. The van der Waals surface area contributed by atoms with Gasteiger partial charge >= 0.3 is 0 Å². The Morgan fingerprint density at radius 1 is 1.38 bits per heavy atom. The Hall–Kier alpha value is -2.48. The second-order valence-corrected chi connectivity index (χ2v) is 6.24. The number of ether oxygens (including phenoxy) is 1. The number of rotatable bonds is 4. The Kier molecular flexibility index (Phi) is 4.75. The Labute approximate surface area is 147 Å². The predicted molar refractivity (Wildman–Crippen MR) is 91.8 cm³/mol. The molecule has 0 spiro atoms. The molecule has 0 unspecified atom stereocenters. The van der Waals surface area contributed by atoms with Gasteiger partial charge in [0, 0.05) is 29.2 Å². The summed E-state index contributed by atoms with van der Waals surface area (Å²) in [5, 5.41) is 2.70. The van der Waals surface area contributed by atoms with Crippen LogP contribution in [0.3, 0.4) is 0 Å². The maximum absolute atomic E-state index is 12.4. The van der Waals surface area contributed by atoms with Gasteiger partial charge in [-0.2, -0.15) is 0 Å². The third-order valence-corrected chi connectivity index (χ3v) is 4.21. The molecule has 2 aromatic rings. The SMILES string of the molecule is COc1cc(NC(=O)[C@@H]2CC(=O)N(c3cccc(Br)c3)C2)ncn1. The van der Waals surface area contributed by atoms with E-state index in [9.17, 15) is 9.59 Å². The number of benzene rings is 1. The van der Waals surface area contributed by atoms with E-state index < -0.39 is 5.92 Å². The van der Waals surface area contributed by atoms with Crippen molar-refractivity contribution in [2.24, 2.45) is 5.92 Å². The number of carbonyl (C=O) groups excluding carboxylic acids is 2. The van der Waals surface area contributed by atoms with Gasteiger partial charge in [-0.15, -0.1) is 0 Å². The Balaban J connectivity index is 1.69. The van der Waals surface area contributed by atoms with Crippen molar-refractivity contribution in [2.45, 2.75) is 6.42 Å². The lowest BCUT2D eigenvalue weighted by molar-refractivity contribution is -0.122. The second-order valence-electron chi connectivity index (χ2n) is 5.32. The molecular weight excluding hydrogens is 376 g/mol. The quantitative estimate of drug-likeness (QED) is 0.864. The number of halogens is 1. The van der Waals surface area contributed by atoms with Crippen LogP contribution in [0.1, 0.15) is 6.42 Å². The number of nitrogens with zero attached hydrogens (tertiary/aromatic N) is 3. The van der Waals surface area contributed by atoms with Crippen LogP contribution in [0.5, 0.6) is 5.88 Å². The van der Waals surface area contributed by atoms with Crippen LogP contribution in [0.2, 0.25) is 0 Å². The van der Waals surface area contributed by atoms with E-state index in [0.29, 0.717) is 18.2 Å². The molecule has 1 atom stereocenters. The van der Waals surface area contributed by atoms with Crippen LogP contribution in [-0.4, -0.2) is 35.4 Å². The molecule has 0 bridgehead atoms. The van der Waals surface area contributed by atoms with Crippen molar-refractivity contribution in [1.82, 2.24) is 9.97 Å². The van der Waals surface area contributed by atoms with E-state index in [4.69, 9.17) is 4.74 Å². The molecule has 3 rings (SSSR count). The lowest BCUT2D eigenvalue weighted by Gasteiger charge is -2.17. The Morgan fingerprint density at radius 2 is 2.21 bits per heavy atom. The lowest BCUT2D eigenvalue weighted by atomic mass is 10.1. The number of nitrogens with one attached hydrogen (secondary N) is 1. The van der Waals surface area contributed by atoms with E-state index in [1.54, 1.807) is 4.90 Å². The van der Waals surface area contributed by atoms with Crippen molar-refractivity contribution in [3.8, 4) is 5.88 Å². The van der Waals surface area contributed by atoms with Gasteiger partial charge in [0.25, 0.3) is 0 Å². The third kappa shape index (κ3) is 3.53. The largest absolute Gasteiger partial charge is 0.481 e. The molecule has 1 aromatic carbocycles. The molecule has 2 amide bonds. The number of anilines is 2. The van der Waals surface area contributed by atoms with Gasteiger partial charge in [0.1, 0.15) is 12.1 Å². The summed E-state index contributed by atoms with van der Waals surface area (Å²) in [6.07, 6.45) is 1.47. The van der Waals surface area contributed by atoms with Crippen molar-refractivity contribution in [2.75, 3.05) is 23.9 Å². The third-order valence-electron chi connectivity index (χ3n) is 3.72. The normalized spacial score (nSPS) is 17.0. The first-order chi connectivity index (χ1) is 11.6. The fourth-order valence-electron chi connectivity index (χ4n) is 2.52. The molecule has 1 fully saturated rings. The van der Waals surface area contributed by atoms with E-state index in [1.165, 1.54) is 19.5 Å². The van der Waals surface area contributed by atoms with Crippen LogP contribution in [0.4, 0.5) is 11.5 Å². The maximum atomic E-state index is 12.4. The van der Waals surface area contributed by atoms with Gasteiger partial charge in [-0.1, -0.05) is 22.0 Å². The van der Waals surface area contributed by atoms with Crippen LogP contribution < -0.4 is 15.0 Å². The number of aromatic nitrogens is 2. The minimum atomic E-state index is -0.433. The van der Waals surface area contributed by atoms with Gasteiger partial charge in [0.05, 0.1) is 13.0 Å². The van der Waals surface area contributed by atoms with Gasteiger partial charge in [-0.25, -0.2) is 9.97 Å². The zero-order valence-electron chi connectivity index (χ0n) is 12.9. The fraction of sp³-hybridized carbons (Fsp3) is 0.250. The summed E-state index contributed by atoms with van der Waals surface area (Å²) in [5.41, 5.74) is 0.772. The lowest BCUT2D eigenvalue weighted by Crippen LogP contribution is -2.28. The summed E-state index contributed by atoms with van der Waals surface area (Å²) in [4.78, 5) is 34.1. The van der Waals surface area contributed by atoms with Crippen LogP contribution in [0.15, 0.2) is 41.1 Å². The minimum absolute atomic E-state index is 0.0754. The summed E-state index contributed by atoms with van der Waals surface area (Å²) in [6, 6.07) is 8.97. The van der Waals surface area contributed by atoms with Gasteiger partial charge in [-0.3, -0.25) is 9.59 Å². The molecule has 1 aliphatic rings. The predicted octanol–water partition coefficient (Wildman–Crippen LogP) is 2.24. The first-order valence-electron chi connectivity index (χ1n) is 7.29. The number of hydrogen-bond acceptors (Lipinski definition) is 5. The van der Waals surface area contributed by atoms with Crippen molar-refractivity contribution < 1.29 is 14.3 Å². The van der Waals surface area contributed by atoms with E-state index in [-0.39, 0.29) is 18.2 Å². The van der Waals surface area contributed by atoms with Crippen molar-refractivity contribution in [3.05, 3.63) is 41.1 Å². The minimum Gasteiger partial charge on any atom is -0.481 e. The van der Waals surface area contributed by atoms with Crippen LogP contribution >= 0.6 is 15.9 Å². The smallest absolute Gasteiger partial charge is 0.230 e. The zero-order valence-corrected chi connectivity index (χ0v) is 14.5. The number of carbonyl (C=O) groups is 2. The molecular formula is C16H15BrN4O3. The van der Waals surface area contributed by atoms with Crippen molar-refractivity contribution in [3.63, 3.8) is 0 Å². The van der Waals surface area contributed by atoms with Gasteiger partial charge in [-0.05, 0) is 18.2 Å². The van der Waals surface area contributed by atoms with E-state index in [0.717, 1.165) is 10.2 Å². The van der Waals surface area contributed by atoms with Gasteiger partial charge in [0.15, 0.2) is 0 Å². The molecule has 124 valence electrons. The molecule has 1 N–H and O–H groups in total. The first-order valence-corrected chi connectivity index (χ1v) is 8.09. The Morgan fingerprint density at radius 3 is 2.96 bits per heavy atom. The molecule has 1 aliphatic heterocycles. The molecule has 1 saturated heterocycles. The van der Waals surface area contributed by atoms with Crippen LogP contribution in [-0.2, 0) is 9.59 Å². The average molecular weight is 391 g/mol. The number of amides is 2. The molecule has 1 aromatic heterocycles. The van der Waals surface area contributed by atoms with Crippen molar-refractivity contribution in [1.29, 1.82) is 0 Å². The highest BCUT2D eigenvalue weighted by Gasteiger charge is 2.35. The highest BCUT2D eigenvalue weighted by atomic mass is 79.9. The Bertz CT molecular complexity index is 783.